The molecule has 4 heteroatoms. The molecule has 4 nitrogen and oxygen atoms in total. The molecule has 0 bridgehead atoms. The Hall–Kier alpha value is -0.770. The lowest BCUT2D eigenvalue weighted by molar-refractivity contribution is 0.0164. The molecule has 1 aliphatic rings. The van der Waals surface area contributed by atoms with Crippen LogP contribution in [0.4, 0.5) is 4.79 Å². The van der Waals surface area contributed by atoms with Gasteiger partial charge < -0.3 is 15.0 Å². The number of nitrogens with zero attached hydrogens (tertiary/aromatic N) is 1. The SMILES string of the molecule is CC(C)N(CC1CCCCN1)C(=O)OC(C)(C)C. The highest BCUT2D eigenvalue weighted by molar-refractivity contribution is 5.68. The molecule has 106 valence electrons. The third-order valence-electron chi connectivity index (χ3n) is 3.08. The van der Waals surface area contributed by atoms with Crippen molar-refractivity contribution < 1.29 is 9.53 Å². The molecule has 1 saturated heterocycles. The molecule has 1 N–H and O–H groups in total. The molecule has 1 heterocycles. The third kappa shape index (κ3) is 5.25. The first-order valence-corrected chi connectivity index (χ1v) is 7.02. The summed E-state index contributed by atoms with van der Waals surface area (Å²) in [6.45, 7) is 11.6. The number of rotatable bonds is 3. The van der Waals surface area contributed by atoms with Crippen molar-refractivity contribution in [3.63, 3.8) is 0 Å². The monoisotopic (exact) mass is 256 g/mol. The van der Waals surface area contributed by atoms with Crippen LogP contribution in [-0.2, 0) is 4.74 Å². The Morgan fingerprint density at radius 2 is 2.06 bits per heavy atom. The molecule has 0 aromatic rings. The first-order chi connectivity index (χ1) is 8.29. The van der Waals surface area contributed by atoms with Crippen molar-refractivity contribution in [1.29, 1.82) is 0 Å². The van der Waals surface area contributed by atoms with Crippen molar-refractivity contribution in [2.24, 2.45) is 0 Å². The summed E-state index contributed by atoms with van der Waals surface area (Å²) in [4.78, 5) is 14.0. The Bertz CT molecular complexity index is 265. The summed E-state index contributed by atoms with van der Waals surface area (Å²) in [7, 11) is 0. The molecule has 1 aliphatic heterocycles. The zero-order valence-corrected chi connectivity index (χ0v) is 12.5. The normalized spacial score (nSPS) is 20.9. The molecule has 1 fully saturated rings. The Morgan fingerprint density at radius 1 is 1.39 bits per heavy atom. The molecule has 1 rings (SSSR count). The van der Waals surface area contributed by atoms with Gasteiger partial charge in [0.15, 0.2) is 0 Å². The Kier molecular flexibility index (Phi) is 5.45. The van der Waals surface area contributed by atoms with Crippen molar-refractivity contribution in [2.45, 2.75) is 71.6 Å². The van der Waals surface area contributed by atoms with Crippen molar-refractivity contribution >= 4 is 6.09 Å². The van der Waals surface area contributed by atoms with Gasteiger partial charge in [-0.1, -0.05) is 6.42 Å². The molecule has 1 amide bonds. The van der Waals surface area contributed by atoms with Gasteiger partial charge in [0.05, 0.1) is 0 Å². The average molecular weight is 256 g/mol. The number of amides is 1. The van der Waals surface area contributed by atoms with E-state index in [1.807, 2.05) is 39.5 Å². The maximum atomic E-state index is 12.1. The van der Waals surface area contributed by atoms with Crippen LogP contribution in [-0.4, -0.2) is 41.8 Å². The quantitative estimate of drug-likeness (QED) is 0.844. The van der Waals surface area contributed by atoms with Crippen LogP contribution in [0, 0.1) is 0 Å². The van der Waals surface area contributed by atoms with Gasteiger partial charge in [-0.05, 0) is 54.0 Å². The molecule has 1 atom stereocenters. The first-order valence-electron chi connectivity index (χ1n) is 7.02. The summed E-state index contributed by atoms with van der Waals surface area (Å²) in [6.07, 6.45) is 3.43. The highest BCUT2D eigenvalue weighted by Crippen LogP contribution is 2.15. The van der Waals surface area contributed by atoms with E-state index < -0.39 is 5.60 Å². The number of hydrogen-bond acceptors (Lipinski definition) is 3. The maximum absolute atomic E-state index is 12.1. The predicted octanol–water partition coefficient (Wildman–Crippen LogP) is 2.77. The molecule has 0 radical (unpaired) electrons. The van der Waals surface area contributed by atoms with Crippen LogP contribution in [0.25, 0.3) is 0 Å². The van der Waals surface area contributed by atoms with Gasteiger partial charge in [-0.15, -0.1) is 0 Å². The summed E-state index contributed by atoms with van der Waals surface area (Å²) in [5.41, 5.74) is -0.426. The number of ether oxygens (including phenoxy) is 1. The largest absolute Gasteiger partial charge is 0.444 e. The van der Waals surface area contributed by atoms with Crippen molar-refractivity contribution in [1.82, 2.24) is 10.2 Å². The van der Waals surface area contributed by atoms with Gasteiger partial charge in [0.1, 0.15) is 5.60 Å². The Balaban J connectivity index is 2.55. The van der Waals surface area contributed by atoms with Gasteiger partial charge in [-0.25, -0.2) is 4.79 Å². The summed E-state index contributed by atoms with van der Waals surface area (Å²) < 4.78 is 5.46. The molecule has 0 saturated carbocycles. The molecule has 0 spiro atoms. The van der Waals surface area contributed by atoms with Crippen LogP contribution in [0.5, 0.6) is 0 Å². The zero-order chi connectivity index (χ0) is 13.8. The van der Waals surface area contributed by atoms with Gasteiger partial charge in [0.2, 0.25) is 0 Å². The van der Waals surface area contributed by atoms with Crippen molar-refractivity contribution in [2.75, 3.05) is 13.1 Å². The smallest absolute Gasteiger partial charge is 0.410 e. The zero-order valence-electron chi connectivity index (χ0n) is 12.5. The van der Waals surface area contributed by atoms with Crippen LogP contribution < -0.4 is 5.32 Å². The van der Waals surface area contributed by atoms with E-state index in [9.17, 15) is 4.79 Å². The fourth-order valence-corrected chi connectivity index (χ4v) is 2.13. The van der Waals surface area contributed by atoms with Gasteiger partial charge in [0, 0.05) is 18.6 Å². The summed E-state index contributed by atoms with van der Waals surface area (Å²) >= 11 is 0. The Labute approximate surface area is 111 Å². The lowest BCUT2D eigenvalue weighted by Crippen LogP contribution is -2.49. The lowest BCUT2D eigenvalue weighted by Gasteiger charge is -2.34. The topological polar surface area (TPSA) is 41.6 Å². The van der Waals surface area contributed by atoms with Gasteiger partial charge in [-0.2, -0.15) is 0 Å². The van der Waals surface area contributed by atoms with Crippen LogP contribution in [0.1, 0.15) is 53.9 Å². The van der Waals surface area contributed by atoms with Gasteiger partial charge in [-0.3, -0.25) is 0 Å². The number of hydrogen-bond donors (Lipinski definition) is 1. The standard InChI is InChI=1S/C14H28N2O2/c1-11(2)16(13(17)18-14(3,4)5)10-12-8-6-7-9-15-12/h11-12,15H,6-10H2,1-5H3. The number of carbonyl (C=O) groups excluding carboxylic acids is 1. The predicted molar refractivity (Wildman–Crippen MR) is 73.7 cm³/mol. The Morgan fingerprint density at radius 3 is 2.50 bits per heavy atom. The lowest BCUT2D eigenvalue weighted by atomic mass is 10.0. The van der Waals surface area contributed by atoms with Gasteiger partial charge >= 0.3 is 6.09 Å². The van der Waals surface area contributed by atoms with Crippen molar-refractivity contribution in [3.8, 4) is 0 Å². The molecule has 0 aromatic carbocycles. The molecule has 1 unspecified atom stereocenters. The van der Waals surface area contributed by atoms with Crippen molar-refractivity contribution in [3.05, 3.63) is 0 Å². The maximum Gasteiger partial charge on any atom is 0.410 e. The third-order valence-corrected chi connectivity index (χ3v) is 3.08. The highest BCUT2D eigenvalue weighted by atomic mass is 16.6. The minimum atomic E-state index is -0.426. The number of piperidine rings is 1. The van der Waals surface area contributed by atoms with Crippen LogP contribution in [0.15, 0.2) is 0 Å². The summed E-state index contributed by atoms with van der Waals surface area (Å²) in [5, 5.41) is 3.47. The summed E-state index contributed by atoms with van der Waals surface area (Å²) in [6, 6.07) is 0.581. The van der Waals surface area contributed by atoms with Crippen LogP contribution >= 0.6 is 0 Å². The van der Waals surface area contributed by atoms with E-state index in [0.717, 1.165) is 19.5 Å². The fraction of sp³-hybridized carbons (Fsp3) is 0.929. The van der Waals surface area contributed by atoms with E-state index in [1.54, 1.807) is 0 Å². The second kappa shape index (κ2) is 6.41. The fourth-order valence-electron chi connectivity index (χ4n) is 2.13. The first kappa shape index (κ1) is 15.3. The van der Waals surface area contributed by atoms with E-state index in [0.29, 0.717) is 6.04 Å². The second-order valence-corrected chi connectivity index (χ2v) is 6.37. The number of carbonyl (C=O) groups is 1. The van der Waals surface area contributed by atoms with Gasteiger partial charge in [0.25, 0.3) is 0 Å². The molecule has 18 heavy (non-hydrogen) atoms. The molecule has 0 aliphatic carbocycles. The van der Waals surface area contributed by atoms with E-state index in [4.69, 9.17) is 4.74 Å². The average Bonchev–Trinajstić information content (AvgIpc) is 2.24. The van der Waals surface area contributed by atoms with E-state index in [-0.39, 0.29) is 12.1 Å². The van der Waals surface area contributed by atoms with Crippen LogP contribution in [0.3, 0.4) is 0 Å². The van der Waals surface area contributed by atoms with E-state index >= 15 is 0 Å². The minimum absolute atomic E-state index is 0.170. The minimum Gasteiger partial charge on any atom is -0.444 e. The molecular weight excluding hydrogens is 228 g/mol. The van der Waals surface area contributed by atoms with E-state index in [1.165, 1.54) is 12.8 Å². The second-order valence-electron chi connectivity index (χ2n) is 6.37. The molecule has 0 aromatic heterocycles. The molecular formula is C14H28N2O2. The highest BCUT2D eigenvalue weighted by Gasteiger charge is 2.26. The van der Waals surface area contributed by atoms with Crippen LogP contribution in [0.2, 0.25) is 0 Å². The number of nitrogens with one attached hydrogen (secondary N) is 1. The summed E-state index contributed by atoms with van der Waals surface area (Å²) in [5.74, 6) is 0. The van der Waals surface area contributed by atoms with E-state index in [2.05, 4.69) is 5.32 Å².